The Morgan fingerprint density at radius 3 is 2.72 bits per heavy atom. The fourth-order valence-electron chi connectivity index (χ4n) is 4.36. The van der Waals surface area contributed by atoms with Gasteiger partial charge in [0.2, 0.25) is 0 Å². The summed E-state index contributed by atoms with van der Waals surface area (Å²) >= 11 is 5.61. The lowest BCUT2D eigenvalue weighted by Crippen LogP contribution is -2.35. The molecule has 6 nitrogen and oxygen atoms in total. The molecule has 32 heavy (non-hydrogen) atoms. The molecule has 166 valence electrons. The predicted octanol–water partition coefficient (Wildman–Crippen LogP) is 4.16. The average Bonchev–Trinajstić information content (AvgIpc) is 3.24. The van der Waals surface area contributed by atoms with Crippen molar-refractivity contribution in [2.45, 2.75) is 32.9 Å². The zero-order valence-corrected chi connectivity index (χ0v) is 19.0. The van der Waals surface area contributed by atoms with E-state index in [1.807, 2.05) is 47.6 Å². The molecule has 1 saturated heterocycles. The Balaban J connectivity index is 1.81. The number of hydrogen-bond acceptors (Lipinski definition) is 4. The number of carbonyl (C=O) groups excluding carboxylic acids is 1. The molecular formula is C24H25FN4O2S. The van der Waals surface area contributed by atoms with Crippen molar-refractivity contribution in [3.8, 4) is 5.69 Å². The highest BCUT2D eigenvalue weighted by molar-refractivity contribution is 7.80. The number of nitrogens with one attached hydrogen (secondary N) is 1. The minimum atomic E-state index is -0.345. The molecule has 1 aliphatic rings. The van der Waals surface area contributed by atoms with Gasteiger partial charge in [-0.3, -0.25) is 9.78 Å². The van der Waals surface area contributed by atoms with Crippen LogP contribution >= 0.6 is 12.2 Å². The van der Waals surface area contributed by atoms with E-state index >= 15 is 0 Å². The summed E-state index contributed by atoms with van der Waals surface area (Å²) in [6.07, 6.45) is 1.74. The second-order valence-corrected chi connectivity index (χ2v) is 8.09. The maximum atomic E-state index is 13.9. The second-order valence-electron chi connectivity index (χ2n) is 7.70. The van der Waals surface area contributed by atoms with Gasteiger partial charge in [0.25, 0.3) is 0 Å². The van der Waals surface area contributed by atoms with E-state index in [-0.39, 0.29) is 30.4 Å². The third-order valence-electron chi connectivity index (χ3n) is 5.66. The van der Waals surface area contributed by atoms with Crippen molar-refractivity contribution in [1.29, 1.82) is 0 Å². The van der Waals surface area contributed by atoms with Gasteiger partial charge in [-0.25, -0.2) is 4.39 Å². The molecule has 0 bridgehead atoms. The number of aryl methyl sites for hydroxylation is 1. The van der Waals surface area contributed by atoms with Gasteiger partial charge >= 0.3 is 5.97 Å². The number of benzene rings is 1. The highest BCUT2D eigenvalue weighted by atomic mass is 32.1. The monoisotopic (exact) mass is 452 g/mol. The van der Waals surface area contributed by atoms with Gasteiger partial charge in [0, 0.05) is 23.3 Å². The van der Waals surface area contributed by atoms with Crippen LogP contribution < -0.4 is 5.32 Å². The van der Waals surface area contributed by atoms with E-state index in [1.54, 1.807) is 19.2 Å². The van der Waals surface area contributed by atoms with Crippen LogP contribution in [0.1, 0.15) is 41.7 Å². The molecule has 0 aliphatic carbocycles. The molecule has 0 unspecified atom stereocenters. The molecule has 1 aromatic carbocycles. The van der Waals surface area contributed by atoms with Crippen molar-refractivity contribution in [1.82, 2.24) is 19.8 Å². The van der Waals surface area contributed by atoms with Crippen molar-refractivity contribution < 1.29 is 13.9 Å². The first-order valence-corrected chi connectivity index (χ1v) is 10.9. The summed E-state index contributed by atoms with van der Waals surface area (Å²) in [4.78, 5) is 18.7. The molecule has 3 heterocycles. The first kappa shape index (κ1) is 22.0. The van der Waals surface area contributed by atoms with E-state index in [4.69, 9.17) is 17.0 Å². The lowest BCUT2D eigenvalue weighted by molar-refractivity contribution is -0.143. The van der Waals surface area contributed by atoms with Gasteiger partial charge in [-0.2, -0.15) is 0 Å². The molecule has 4 rings (SSSR count). The number of carbonyl (C=O) groups is 1. The number of aromatic nitrogens is 2. The maximum absolute atomic E-state index is 13.9. The summed E-state index contributed by atoms with van der Waals surface area (Å²) in [7, 11) is 0. The Morgan fingerprint density at radius 1 is 1.22 bits per heavy atom. The molecule has 3 aromatic rings. The topological polar surface area (TPSA) is 59.4 Å². The first-order chi connectivity index (χ1) is 15.4. The van der Waals surface area contributed by atoms with Crippen molar-refractivity contribution in [2.24, 2.45) is 0 Å². The van der Waals surface area contributed by atoms with E-state index in [1.165, 1.54) is 12.1 Å². The van der Waals surface area contributed by atoms with Gasteiger partial charge in [-0.15, -0.1) is 0 Å². The van der Waals surface area contributed by atoms with Crippen LogP contribution in [-0.2, 0) is 9.53 Å². The zero-order chi connectivity index (χ0) is 22.8. The molecule has 0 amide bonds. The number of thiocarbonyl (C=S) groups is 1. The number of halogens is 1. The Morgan fingerprint density at radius 2 is 2.03 bits per heavy atom. The van der Waals surface area contributed by atoms with Crippen LogP contribution in [0.15, 0.2) is 54.7 Å². The predicted molar refractivity (Wildman–Crippen MR) is 124 cm³/mol. The fourth-order valence-corrected chi connectivity index (χ4v) is 4.66. The van der Waals surface area contributed by atoms with Gasteiger partial charge in [0.05, 0.1) is 24.4 Å². The standard InChI is InChI=1S/C24H25FN4O2S/c1-4-31-21(30)14-28-23(22(27-24(28)32)20-10-5-6-11-26-20)19-12-15(2)29(16(19)3)18-9-7-8-17(25)13-18/h5-13,22-23H,4,14H2,1-3H3,(H,27,32)/t22-,23+/m1/s1. The lowest BCUT2D eigenvalue weighted by atomic mass is 9.97. The third-order valence-corrected chi connectivity index (χ3v) is 6.01. The summed E-state index contributed by atoms with van der Waals surface area (Å²) in [5.41, 5.74) is 4.45. The van der Waals surface area contributed by atoms with Crippen molar-refractivity contribution >= 4 is 23.3 Å². The molecular weight excluding hydrogens is 427 g/mol. The first-order valence-electron chi connectivity index (χ1n) is 10.5. The van der Waals surface area contributed by atoms with Crippen LogP contribution in [0, 0.1) is 19.7 Å². The SMILES string of the molecule is CCOC(=O)CN1C(=S)N[C@H](c2ccccn2)[C@@H]1c1cc(C)n(-c2cccc(F)c2)c1C. The fraction of sp³-hybridized carbons (Fsp3) is 0.292. The number of nitrogens with zero attached hydrogens (tertiary/aromatic N) is 3. The molecule has 1 N–H and O–H groups in total. The molecule has 8 heteroatoms. The zero-order valence-electron chi connectivity index (χ0n) is 18.2. The molecule has 2 atom stereocenters. The quantitative estimate of drug-likeness (QED) is 0.448. The van der Waals surface area contributed by atoms with Gasteiger partial charge in [0.15, 0.2) is 5.11 Å². The Kier molecular flexibility index (Phi) is 6.23. The van der Waals surface area contributed by atoms with Crippen molar-refractivity contribution in [3.63, 3.8) is 0 Å². The second kappa shape index (κ2) is 9.08. The van der Waals surface area contributed by atoms with Crippen LogP contribution in [0.3, 0.4) is 0 Å². The number of pyridine rings is 1. The van der Waals surface area contributed by atoms with Gasteiger partial charge in [0.1, 0.15) is 12.4 Å². The van der Waals surface area contributed by atoms with E-state index in [0.29, 0.717) is 11.7 Å². The van der Waals surface area contributed by atoms with E-state index < -0.39 is 0 Å². The number of ether oxygens (including phenoxy) is 1. The van der Waals surface area contributed by atoms with Gasteiger partial charge < -0.3 is 19.5 Å². The molecule has 0 radical (unpaired) electrons. The van der Waals surface area contributed by atoms with Crippen LogP contribution in [0.25, 0.3) is 5.69 Å². The average molecular weight is 453 g/mol. The number of rotatable bonds is 6. The van der Waals surface area contributed by atoms with E-state index in [0.717, 1.165) is 28.3 Å². The highest BCUT2D eigenvalue weighted by Gasteiger charge is 2.42. The summed E-state index contributed by atoms with van der Waals surface area (Å²) in [6.45, 7) is 6.08. The summed E-state index contributed by atoms with van der Waals surface area (Å²) < 4.78 is 21.1. The van der Waals surface area contributed by atoms with Crippen molar-refractivity contribution in [3.05, 3.63) is 83.2 Å². The smallest absolute Gasteiger partial charge is 0.325 e. The van der Waals surface area contributed by atoms with E-state index in [9.17, 15) is 9.18 Å². The Labute approximate surface area is 192 Å². The maximum Gasteiger partial charge on any atom is 0.325 e. The summed E-state index contributed by atoms with van der Waals surface area (Å²) in [5.74, 6) is -0.641. The normalized spacial score (nSPS) is 18.0. The van der Waals surface area contributed by atoms with Gasteiger partial charge in [-0.1, -0.05) is 12.1 Å². The van der Waals surface area contributed by atoms with Gasteiger partial charge in [-0.05, 0) is 75.0 Å². The summed E-state index contributed by atoms with van der Waals surface area (Å²) in [5, 5.41) is 3.81. The highest BCUT2D eigenvalue weighted by Crippen LogP contribution is 2.41. The molecule has 0 saturated carbocycles. The van der Waals surface area contributed by atoms with E-state index in [2.05, 4.69) is 16.4 Å². The number of hydrogen-bond donors (Lipinski definition) is 1. The molecule has 0 spiro atoms. The Hall–Kier alpha value is -3.26. The molecule has 2 aromatic heterocycles. The number of esters is 1. The Bertz CT molecular complexity index is 1150. The summed E-state index contributed by atoms with van der Waals surface area (Å²) in [6, 6.07) is 13.8. The van der Waals surface area contributed by atoms with Crippen molar-refractivity contribution in [2.75, 3.05) is 13.2 Å². The van der Waals surface area contributed by atoms with Crippen LogP contribution in [0.4, 0.5) is 4.39 Å². The molecule has 1 aliphatic heterocycles. The van der Waals surface area contributed by atoms with Crippen LogP contribution in [0.5, 0.6) is 0 Å². The molecule has 1 fully saturated rings. The minimum absolute atomic E-state index is 0.0251. The minimum Gasteiger partial charge on any atom is -0.465 e. The third kappa shape index (κ3) is 4.10. The van der Waals surface area contributed by atoms with Crippen LogP contribution in [0.2, 0.25) is 0 Å². The lowest BCUT2D eigenvalue weighted by Gasteiger charge is -2.27. The van der Waals surface area contributed by atoms with Crippen LogP contribution in [-0.4, -0.2) is 38.7 Å². The largest absolute Gasteiger partial charge is 0.465 e.